The van der Waals surface area contributed by atoms with Gasteiger partial charge in [0.2, 0.25) is 0 Å². The summed E-state index contributed by atoms with van der Waals surface area (Å²) in [6, 6.07) is 0. The van der Waals surface area contributed by atoms with Crippen molar-refractivity contribution in [2.24, 2.45) is 0 Å². The third-order valence-corrected chi connectivity index (χ3v) is 0. The Kier molecular flexibility index (Phi) is 59.2. The van der Waals surface area contributed by atoms with Crippen LogP contribution < -0.4 is 0 Å². The minimum Gasteiger partial charge on any atom is -0.388 e. The molecule has 0 amide bonds. The second kappa shape index (κ2) is 23.5. The lowest BCUT2D eigenvalue weighted by atomic mass is 11.6. The summed E-state index contributed by atoms with van der Waals surface area (Å²) in [5, 5.41) is 0. The van der Waals surface area contributed by atoms with Crippen molar-refractivity contribution < 1.29 is 19.1 Å². The number of ether oxygens (including phenoxy) is 1. The summed E-state index contributed by atoms with van der Waals surface area (Å²) in [4.78, 5) is 14.2. The Bertz CT molecular complexity index is 47.8. The molecule has 2 N–H and O–H groups in total. The highest BCUT2D eigenvalue weighted by Gasteiger charge is 1.65. The van der Waals surface area contributed by atoms with Crippen LogP contribution in [0.25, 0.3) is 0 Å². The number of methoxy groups -OCH3 is 1. The van der Waals surface area contributed by atoms with Crippen LogP contribution in [0, 0.1) is 0 Å². The predicted octanol–water partition coefficient (Wildman–Crippen LogP) is 0.735. The first-order valence-corrected chi connectivity index (χ1v) is 2.56. The van der Waals surface area contributed by atoms with Crippen LogP contribution in [-0.2, 0) is 9.30 Å². The lowest BCUT2D eigenvalue weighted by Gasteiger charge is -1.61. The number of hydrogen-bond acceptors (Lipinski definition) is 2. The Hall–Kier alpha value is 0.560. The smallest absolute Gasteiger partial charge is 0.363 e. The molecule has 0 spiro atoms. The molecule has 0 saturated carbocycles. The van der Waals surface area contributed by atoms with Crippen molar-refractivity contribution in [3.63, 3.8) is 0 Å². The highest BCUT2D eigenvalue weighted by molar-refractivity contribution is 7.30. The lowest BCUT2D eigenvalue weighted by molar-refractivity contribution is 0.277. The molecule has 0 aromatic carbocycles. The van der Waals surface area contributed by atoms with Gasteiger partial charge in [-0.15, -0.1) is 24.8 Å². The topological polar surface area (TPSA) is 66.8 Å². The fourth-order valence-corrected chi connectivity index (χ4v) is 0. The standard InChI is InChI=1S/C2H6O.2ClH.H2O3P/c1-3-2;;;1-4(2)3/h1-2H3;2*1H;(H2,1,2,3). The molecule has 0 aromatic heterocycles. The van der Waals surface area contributed by atoms with Crippen LogP contribution >= 0.6 is 33.1 Å². The van der Waals surface area contributed by atoms with Crippen LogP contribution in [0.2, 0.25) is 0 Å². The van der Waals surface area contributed by atoms with Crippen LogP contribution in [0.5, 0.6) is 0 Å². The van der Waals surface area contributed by atoms with Crippen LogP contribution in [0.4, 0.5) is 0 Å². The molecule has 61 valence electrons. The Morgan fingerprint density at radius 2 is 1.22 bits per heavy atom. The minimum absolute atomic E-state index is 0. The van der Waals surface area contributed by atoms with Gasteiger partial charge in [-0.1, -0.05) is 0 Å². The monoisotopic (exact) mass is 199 g/mol. The van der Waals surface area contributed by atoms with E-state index in [0.717, 1.165) is 0 Å². The van der Waals surface area contributed by atoms with E-state index in [1.165, 1.54) is 0 Å². The Balaban J connectivity index is -0.0000000233. The number of hydrogen-bond donors (Lipinski definition) is 2. The highest BCUT2D eigenvalue weighted by Crippen LogP contribution is 1.98. The summed E-state index contributed by atoms with van der Waals surface area (Å²) in [7, 11) is 0.380. The van der Waals surface area contributed by atoms with Crippen molar-refractivity contribution in [3.05, 3.63) is 0 Å². The molecule has 0 aromatic rings. The third kappa shape index (κ3) is 1170. The fourth-order valence-electron chi connectivity index (χ4n) is 0. The second-order valence-electron chi connectivity index (χ2n) is 0.661. The van der Waals surface area contributed by atoms with Crippen LogP contribution in [0.3, 0.4) is 0 Å². The number of rotatable bonds is 0. The van der Waals surface area contributed by atoms with Crippen molar-refractivity contribution in [1.29, 1.82) is 0 Å². The van der Waals surface area contributed by atoms with Crippen molar-refractivity contribution in [2.75, 3.05) is 14.2 Å². The zero-order valence-corrected chi connectivity index (χ0v) is 7.50. The molecule has 0 aliphatic heterocycles. The first kappa shape index (κ1) is 22.7. The molecule has 0 fully saturated rings. The average molecular weight is 200 g/mol. The van der Waals surface area contributed by atoms with Gasteiger partial charge in [0.15, 0.2) is 0 Å². The molecule has 0 bridgehead atoms. The first-order valence-electron chi connectivity index (χ1n) is 1.40. The summed E-state index contributed by atoms with van der Waals surface area (Å²) >= 11 is 0. The van der Waals surface area contributed by atoms with E-state index in [4.69, 9.17) is 14.4 Å². The molecule has 0 unspecified atom stereocenters. The molecule has 4 nitrogen and oxygen atoms in total. The molecule has 7 heteroatoms. The van der Waals surface area contributed by atoms with E-state index in [-0.39, 0.29) is 24.8 Å². The summed E-state index contributed by atoms with van der Waals surface area (Å²) in [6.45, 7) is 0. The van der Waals surface area contributed by atoms with E-state index in [0.29, 0.717) is 0 Å². The summed E-state index contributed by atoms with van der Waals surface area (Å²) < 4.78 is 13.0. The van der Waals surface area contributed by atoms with Gasteiger partial charge in [0.05, 0.1) is 0 Å². The third-order valence-electron chi connectivity index (χ3n) is 0. The zero-order valence-electron chi connectivity index (χ0n) is 4.97. The van der Waals surface area contributed by atoms with Gasteiger partial charge < -0.3 is 4.74 Å². The fraction of sp³-hybridized carbons (Fsp3) is 1.00. The van der Waals surface area contributed by atoms with E-state index >= 15 is 0 Å². The molecule has 0 aliphatic rings. The van der Waals surface area contributed by atoms with Crippen LogP contribution in [0.15, 0.2) is 0 Å². The van der Waals surface area contributed by atoms with E-state index in [9.17, 15) is 0 Å². The van der Waals surface area contributed by atoms with Crippen molar-refractivity contribution in [3.8, 4) is 0 Å². The second-order valence-corrected chi connectivity index (χ2v) is 1.17. The zero-order chi connectivity index (χ0) is 6.28. The van der Waals surface area contributed by atoms with Gasteiger partial charge in [-0.3, -0.25) is 9.79 Å². The van der Waals surface area contributed by atoms with Gasteiger partial charge >= 0.3 is 8.25 Å². The molecule has 0 rings (SSSR count). The van der Waals surface area contributed by atoms with Crippen LogP contribution in [-0.4, -0.2) is 24.0 Å². The van der Waals surface area contributed by atoms with E-state index in [1.807, 2.05) is 0 Å². The van der Waals surface area contributed by atoms with Crippen molar-refractivity contribution >= 4 is 33.1 Å². The summed E-state index contributed by atoms with van der Waals surface area (Å²) in [5.41, 5.74) is 0. The minimum atomic E-state index is -2.87. The van der Waals surface area contributed by atoms with Gasteiger partial charge in [0, 0.05) is 14.2 Å². The quantitative estimate of drug-likeness (QED) is 0.565. The maximum Gasteiger partial charge on any atom is 0.363 e. The Labute approximate surface area is 67.0 Å². The Morgan fingerprint density at radius 3 is 1.22 bits per heavy atom. The summed E-state index contributed by atoms with van der Waals surface area (Å²) in [5.74, 6) is 0. The molecular formula is C2H10Cl2O4P. The normalized spacial score (nSPS) is 4.89. The maximum absolute atomic E-state index is 8.70. The predicted molar refractivity (Wildman–Crippen MR) is 39.5 cm³/mol. The average Bonchev–Trinajstić information content (AvgIpc) is 1.33. The van der Waals surface area contributed by atoms with Crippen molar-refractivity contribution in [2.45, 2.75) is 0 Å². The van der Waals surface area contributed by atoms with Gasteiger partial charge in [-0.2, -0.15) is 0 Å². The number of halogens is 2. The summed E-state index contributed by atoms with van der Waals surface area (Å²) in [6.07, 6.45) is 0. The molecule has 0 atom stereocenters. The molecule has 9 heavy (non-hydrogen) atoms. The maximum atomic E-state index is 8.70. The molecule has 0 heterocycles. The van der Waals surface area contributed by atoms with Gasteiger partial charge in [-0.25, -0.2) is 4.57 Å². The van der Waals surface area contributed by atoms with E-state index in [1.54, 1.807) is 14.2 Å². The molecule has 0 saturated heterocycles. The van der Waals surface area contributed by atoms with Crippen molar-refractivity contribution in [1.82, 2.24) is 0 Å². The first-order chi connectivity index (χ1) is 3.15. The highest BCUT2D eigenvalue weighted by atomic mass is 35.5. The van der Waals surface area contributed by atoms with Gasteiger partial charge in [0.1, 0.15) is 0 Å². The van der Waals surface area contributed by atoms with Crippen LogP contribution in [0.1, 0.15) is 0 Å². The van der Waals surface area contributed by atoms with E-state index < -0.39 is 8.25 Å². The molecule has 0 aliphatic carbocycles. The van der Waals surface area contributed by atoms with Gasteiger partial charge in [0.25, 0.3) is 0 Å². The molecular weight excluding hydrogens is 190 g/mol. The Morgan fingerprint density at radius 1 is 1.22 bits per heavy atom. The lowest BCUT2D eigenvalue weighted by Crippen LogP contribution is -1.55. The molecule has 1 radical (unpaired) electrons. The van der Waals surface area contributed by atoms with Gasteiger partial charge in [-0.05, 0) is 0 Å². The SMILES string of the molecule is COC.Cl.Cl.O=[P](O)O. The largest absolute Gasteiger partial charge is 0.388 e. The van der Waals surface area contributed by atoms with E-state index in [2.05, 4.69) is 4.74 Å².